The number of fused-ring (bicyclic) bond motifs is 1. The summed E-state index contributed by atoms with van der Waals surface area (Å²) in [6.07, 6.45) is 1.59. The summed E-state index contributed by atoms with van der Waals surface area (Å²) in [7, 11) is 0. The summed E-state index contributed by atoms with van der Waals surface area (Å²) in [5.74, 6) is 0. The van der Waals surface area contributed by atoms with Crippen molar-refractivity contribution < 1.29 is 0 Å². The Morgan fingerprint density at radius 2 is 1.81 bits per heavy atom. The highest BCUT2D eigenvalue weighted by molar-refractivity contribution is 5.95. The maximum absolute atomic E-state index is 8.70. The van der Waals surface area contributed by atoms with Gasteiger partial charge >= 0.3 is 0 Å². The lowest BCUT2D eigenvalue weighted by Gasteiger charge is -2.08. The van der Waals surface area contributed by atoms with Gasteiger partial charge in [-0.1, -0.05) is 36.4 Å². The van der Waals surface area contributed by atoms with E-state index in [2.05, 4.69) is 37.3 Å². The molecule has 0 aromatic heterocycles. The maximum Gasteiger partial charge on any atom is 0.0915 e. The Bertz CT molecular complexity index is 600. The van der Waals surface area contributed by atoms with Crippen molar-refractivity contribution in [3.63, 3.8) is 0 Å². The molecule has 0 fully saturated rings. The Balaban J connectivity index is 2.78. The molecule has 0 aliphatic rings. The summed E-state index contributed by atoms with van der Waals surface area (Å²) >= 11 is 0. The zero-order valence-electron chi connectivity index (χ0n) is 9.49. The van der Waals surface area contributed by atoms with Crippen molar-refractivity contribution in [1.82, 2.24) is 0 Å². The van der Waals surface area contributed by atoms with Crippen LogP contribution in [0.4, 0.5) is 0 Å². The SMILES string of the molecule is C/C(=C\C#N)c1ccc(C)c2ccccc12. The molecule has 2 aromatic rings. The molecular weight excluding hydrogens is 194 g/mol. The second kappa shape index (κ2) is 4.20. The van der Waals surface area contributed by atoms with E-state index in [9.17, 15) is 0 Å². The van der Waals surface area contributed by atoms with Crippen LogP contribution in [0.2, 0.25) is 0 Å². The quantitative estimate of drug-likeness (QED) is 0.646. The van der Waals surface area contributed by atoms with Crippen molar-refractivity contribution in [3.05, 3.63) is 53.6 Å². The first-order valence-electron chi connectivity index (χ1n) is 5.29. The monoisotopic (exact) mass is 207 g/mol. The Morgan fingerprint density at radius 1 is 1.12 bits per heavy atom. The molecule has 0 spiro atoms. The van der Waals surface area contributed by atoms with Crippen molar-refractivity contribution in [2.45, 2.75) is 13.8 Å². The van der Waals surface area contributed by atoms with Gasteiger partial charge in [-0.2, -0.15) is 5.26 Å². The molecule has 1 nitrogen and oxygen atoms in total. The number of hydrogen-bond acceptors (Lipinski definition) is 1. The average Bonchev–Trinajstić information content (AvgIpc) is 2.30. The largest absolute Gasteiger partial charge is 0.193 e. The lowest BCUT2D eigenvalue weighted by Crippen LogP contribution is -1.85. The van der Waals surface area contributed by atoms with Crippen LogP contribution in [0.3, 0.4) is 0 Å². The predicted octanol–water partition coefficient (Wildman–Crippen LogP) is 4.08. The van der Waals surface area contributed by atoms with Crippen molar-refractivity contribution in [1.29, 1.82) is 5.26 Å². The number of aryl methyl sites for hydroxylation is 1. The number of nitrogens with zero attached hydrogens (tertiary/aromatic N) is 1. The standard InChI is InChI=1S/C15H13N/c1-11-7-8-14(12(2)9-10-16)15-6-4-3-5-13(11)15/h3-9H,1-2H3/b12-9+. The first-order chi connectivity index (χ1) is 7.74. The molecule has 0 saturated heterocycles. The van der Waals surface area contributed by atoms with E-state index in [4.69, 9.17) is 5.26 Å². The molecule has 0 amide bonds. The fourth-order valence-electron chi connectivity index (χ4n) is 1.97. The molecule has 16 heavy (non-hydrogen) atoms. The minimum atomic E-state index is 1.01. The second-order valence-electron chi connectivity index (χ2n) is 3.93. The van der Waals surface area contributed by atoms with Crippen molar-refractivity contribution >= 4 is 16.3 Å². The lowest BCUT2D eigenvalue weighted by atomic mass is 9.96. The highest BCUT2D eigenvalue weighted by Crippen LogP contribution is 2.27. The van der Waals surface area contributed by atoms with Crippen LogP contribution in [0, 0.1) is 18.3 Å². The zero-order valence-corrected chi connectivity index (χ0v) is 9.49. The summed E-state index contributed by atoms with van der Waals surface area (Å²) in [6, 6.07) is 14.6. The van der Waals surface area contributed by atoms with Gasteiger partial charge in [0.25, 0.3) is 0 Å². The van der Waals surface area contributed by atoms with E-state index in [0.29, 0.717) is 0 Å². The molecule has 0 aliphatic heterocycles. The third-order valence-electron chi connectivity index (χ3n) is 2.85. The van der Waals surface area contributed by atoms with Crippen LogP contribution in [0.5, 0.6) is 0 Å². The number of allylic oxidation sites excluding steroid dienone is 2. The summed E-state index contributed by atoms with van der Waals surface area (Å²) in [5, 5.41) is 11.2. The lowest BCUT2D eigenvalue weighted by molar-refractivity contribution is 1.50. The van der Waals surface area contributed by atoms with E-state index in [1.54, 1.807) is 6.08 Å². The van der Waals surface area contributed by atoms with Crippen LogP contribution in [0.1, 0.15) is 18.1 Å². The van der Waals surface area contributed by atoms with Gasteiger partial charge in [0.2, 0.25) is 0 Å². The molecule has 0 unspecified atom stereocenters. The number of rotatable bonds is 1. The minimum Gasteiger partial charge on any atom is -0.193 e. The van der Waals surface area contributed by atoms with E-state index in [1.165, 1.54) is 16.3 Å². The van der Waals surface area contributed by atoms with Crippen LogP contribution in [0.25, 0.3) is 16.3 Å². The zero-order chi connectivity index (χ0) is 11.5. The molecule has 0 atom stereocenters. The summed E-state index contributed by atoms with van der Waals surface area (Å²) < 4.78 is 0. The molecule has 0 saturated carbocycles. The highest BCUT2D eigenvalue weighted by atomic mass is 14.2. The summed E-state index contributed by atoms with van der Waals surface area (Å²) in [6.45, 7) is 4.08. The van der Waals surface area contributed by atoms with Crippen LogP contribution in [-0.4, -0.2) is 0 Å². The van der Waals surface area contributed by atoms with E-state index < -0.39 is 0 Å². The number of nitriles is 1. The van der Waals surface area contributed by atoms with Gasteiger partial charge in [-0.25, -0.2) is 0 Å². The molecule has 0 N–H and O–H groups in total. The summed E-state index contributed by atoms with van der Waals surface area (Å²) in [5.41, 5.74) is 3.42. The maximum atomic E-state index is 8.70. The fraction of sp³-hybridized carbons (Fsp3) is 0.133. The average molecular weight is 207 g/mol. The van der Waals surface area contributed by atoms with Gasteiger partial charge in [0.15, 0.2) is 0 Å². The smallest absolute Gasteiger partial charge is 0.0915 e. The fourth-order valence-corrected chi connectivity index (χ4v) is 1.97. The van der Waals surface area contributed by atoms with Crippen LogP contribution in [-0.2, 0) is 0 Å². The van der Waals surface area contributed by atoms with Gasteiger partial charge in [-0.05, 0) is 41.3 Å². The van der Waals surface area contributed by atoms with Crippen molar-refractivity contribution in [2.24, 2.45) is 0 Å². The van der Waals surface area contributed by atoms with Gasteiger partial charge in [0.1, 0.15) is 0 Å². The highest BCUT2D eigenvalue weighted by Gasteiger charge is 2.03. The number of benzene rings is 2. The van der Waals surface area contributed by atoms with Crippen LogP contribution >= 0.6 is 0 Å². The minimum absolute atomic E-state index is 1.01. The molecule has 1 heteroatoms. The second-order valence-corrected chi connectivity index (χ2v) is 3.93. The Hall–Kier alpha value is -2.07. The van der Waals surface area contributed by atoms with E-state index in [1.807, 2.05) is 19.1 Å². The van der Waals surface area contributed by atoms with Gasteiger partial charge in [-0.3, -0.25) is 0 Å². The molecule has 0 radical (unpaired) electrons. The topological polar surface area (TPSA) is 23.8 Å². The van der Waals surface area contributed by atoms with Gasteiger partial charge in [0.05, 0.1) is 6.07 Å². The van der Waals surface area contributed by atoms with Crippen LogP contribution in [0.15, 0.2) is 42.5 Å². The van der Waals surface area contributed by atoms with E-state index in [-0.39, 0.29) is 0 Å². The van der Waals surface area contributed by atoms with Crippen molar-refractivity contribution in [2.75, 3.05) is 0 Å². The third-order valence-corrected chi connectivity index (χ3v) is 2.85. The Kier molecular flexibility index (Phi) is 2.74. The normalized spacial score (nSPS) is 11.4. The Labute approximate surface area is 95.6 Å². The molecule has 2 rings (SSSR count). The first kappa shape index (κ1) is 10.4. The molecule has 0 aliphatic carbocycles. The molecule has 0 bridgehead atoms. The first-order valence-corrected chi connectivity index (χ1v) is 5.29. The van der Waals surface area contributed by atoms with E-state index >= 15 is 0 Å². The summed E-state index contributed by atoms with van der Waals surface area (Å²) in [4.78, 5) is 0. The molecule has 0 heterocycles. The van der Waals surface area contributed by atoms with Gasteiger partial charge in [0, 0.05) is 6.08 Å². The third kappa shape index (κ3) is 1.70. The predicted molar refractivity (Wildman–Crippen MR) is 67.9 cm³/mol. The molecule has 2 aromatic carbocycles. The van der Waals surface area contributed by atoms with Crippen molar-refractivity contribution in [3.8, 4) is 6.07 Å². The van der Waals surface area contributed by atoms with Gasteiger partial charge < -0.3 is 0 Å². The Morgan fingerprint density at radius 3 is 2.50 bits per heavy atom. The van der Waals surface area contributed by atoms with Gasteiger partial charge in [-0.15, -0.1) is 0 Å². The molecule has 78 valence electrons. The van der Waals surface area contributed by atoms with E-state index in [0.717, 1.165) is 11.1 Å². The molecular formula is C15H13N. The van der Waals surface area contributed by atoms with Crippen LogP contribution < -0.4 is 0 Å². The number of hydrogen-bond donors (Lipinski definition) is 0.